The summed E-state index contributed by atoms with van der Waals surface area (Å²) in [4.78, 5) is 0. The van der Waals surface area contributed by atoms with Crippen LogP contribution in [0.3, 0.4) is 0 Å². The molecule has 114 valence electrons. The Hall–Kier alpha value is -0.800. The lowest BCUT2D eigenvalue weighted by Crippen LogP contribution is -2.26. The maximum atomic E-state index is 6.08. The summed E-state index contributed by atoms with van der Waals surface area (Å²) < 4.78 is 11.6. The molecule has 0 radical (unpaired) electrons. The van der Waals surface area contributed by atoms with Crippen LogP contribution in [0.15, 0.2) is 16.7 Å². The van der Waals surface area contributed by atoms with Crippen molar-refractivity contribution in [2.24, 2.45) is 5.41 Å². The second-order valence-electron chi connectivity index (χ2n) is 7.08. The molecule has 1 aromatic rings. The second-order valence-corrected chi connectivity index (χ2v) is 7.08. The van der Waals surface area contributed by atoms with Gasteiger partial charge in [-0.3, -0.25) is 0 Å². The minimum absolute atomic E-state index is 0.420. The standard InChI is InChI=1S/C17H29NO2/c1-13(2)18-11-16-14(7-10-19-16)12-20-15-5-8-17(3,4)9-6-15/h7,10,13,15,18H,5-6,8-9,11-12H2,1-4H3. The van der Waals surface area contributed by atoms with Crippen LogP contribution in [-0.4, -0.2) is 12.1 Å². The minimum atomic E-state index is 0.420. The zero-order valence-electron chi connectivity index (χ0n) is 13.4. The van der Waals surface area contributed by atoms with Gasteiger partial charge in [-0.15, -0.1) is 0 Å². The molecule has 0 bridgehead atoms. The molecule has 0 unspecified atom stereocenters. The Morgan fingerprint density at radius 3 is 2.70 bits per heavy atom. The first-order chi connectivity index (χ1) is 9.46. The first-order valence-corrected chi connectivity index (χ1v) is 7.86. The second kappa shape index (κ2) is 6.77. The van der Waals surface area contributed by atoms with E-state index in [1.54, 1.807) is 6.26 Å². The average Bonchev–Trinajstić information content (AvgIpc) is 2.82. The van der Waals surface area contributed by atoms with Crippen molar-refractivity contribution in [3.63, 3.8) is 0 Å². The topological polar surface area (TPSA) is 34.4 Å². The monoisotopic (exact) mass is 279 g/mol. The molecule has 1 N–H and O–H groups in total. The van der Waals surface area contributed by atoms with Gasteiger partial charge >= 0.3 is 0 Å². The number of ether oxygens (including phenoxy) is 1. The summed E-state index contributed by atoms with van der Waals surface area (Å²) in [5.41, 5.74) is 1.69. The van der Waals surface area contributed by atoms with Crippen molar-refractivity contribution in [3.05, 3.63) is 23.7 Å². The summed E-state index contributed by atoms with van der Waals surface area (Å²) in [5, 5.41) is 3.39. The van der Waals surface area contributed by atoms with Gasteiger partial charge in [0, 0.05) is 11.6 Å². The molecular formula is C17H29NO2. The third kappa shape index (κ3) is 4.64. The normalized spacial score (nSPS) is 19.6. The molecule has 1 aliphatic carbocycles. The smallest absolute Gasteiger partial charge is 0.123 e. The van der Waals surface area contributed by atoms with Crippen LogP contribution in [0.4, 0.5) is 0 Å². The van der Waals surface area contributed by atoms with E-state index in [0.29, 0.717) is 24.2 Å². The van der Waals surface area contributed by atoms with E-state index in [1.807, 2.05) is 6.07 Å². The molecule has 3 heteroatoms. The molecular weight excluding hydrogens is 250 g/mol. The van der Waals surface area contributed by atoms with Crippen molar-refractivity contribution < 1.29 is 9.15 Å². The van der Waals surface area contributed by atoms with Crippen molar-refractivity contribution in [1.82, 2.24) is 5.32 Å². The van der Waals surface area contributed by atoms with E-state index in [1.165, 1.54) is 31.2 Å². The Balaban J connectivity index is 1.78. The van der Waals surface area contributed by atoms with E-state index in [4.69, 9.17) is 9.15 Å². The van der Waals surface area contributed by atoms with E-state index < -0.39 is 0 Å². The molecule has 0 aliphatic heterocycles. The van der Waals surface area contributed by atoms with Crippen molar-refractivity contribution in [2.75, 3.05) is 0 Å². The van der Waals surface area contributed by atoms with E-state index in [0.717, 1.165) is 12.3 Å². The van der Waals surface area contributed by atoms with Gasteiger partial charge in [0.1, 0.15) is 5.76 Å². The van der Waals surface area contributed by atoms with Crippen LogP contribution in [0, 0.1) is 5.41 Å². The average molecular weight is 279 g/mol. The number of furan rings is 1. The lowest BCUT2D eigenvalue weighted by atomic mass is 9.76. The highest BCUT2D eigenvalue weighted by Crippen LogP contribution is 2.36. The molecule has 20 heavy (non-hydrogen) atoms. The van der Waals surface area contributed by atoms with Crippen LogP contribution < -0.4 is 5.32 Å². The molecule has 1 aromatic heterocycles. The quantitative estimate of drug-likeness (QED) is 0.844. The first kappa shape index (κ1) is 15.6. The molecule has 3 nitrogen and oxygen atoms in total. The molecule has 0 atom stereocenters. The highest BCUT2D eigenvalue weighted by molar-refractivity contribution is 5.16. The summed E-state index contributed by atoms with van der Waals surface area (Å²) in [7, 11) is 0. The van der Waals surface area contributed by atoms with Gasteiger partial charge in [-0.2, -0.15) is 0 Å². The highest BCUT2D eigenvalue weighted by Gasteiger charge is 2.27. The van der Waals surface area contributed by atoms with Crippen molar-refractivity contribution in [1.29, 1.82) is 0 Å². The number of rotatable bonds is 6. The molecule has 1 saturated carbocycles. The van der Waals surface area contributed by atoms with Gasteiger partial charge in [-0.05, 0) is 37.2 Å². The summed E-state index contributed by atoms with van der Waals surface area (Å²) in [5.74, 6) is 1.01. The van der Waals surface area contributed by atoms with Crippen LogP contribution in [0.25, 0.3) is 0 Å². The summed E-state index contributed by atoms with van der Waals surface area (Å²) in [6, 6.07) is 2.50. The fraction of sp³-hybridized carbons (Fsp3) is 0.765. The zero-order valence-corrected chi connectivity index (χ0v) is 13.4. The number of hydrogen-bond acceptors (Lipinski definition) is 3. The SMILES string of the molecule is CC(C)NCc1occc1COC1CCC(C)(C)CC1. The van der Waals surface area contributed by atoms with Crippen LogP contribution in [-0.2, 0) is 17.9 Å². The van der Waals surface area contributed by atoms with Gasteiger partial charge in [-0.1, -0.05) is 27.7 Å². The van der Waals surface area contributed by atoms with Crippen molar-refractivity contribution >= 4 is 0 Å². The number of hydrogen-bond donors (Lipinski definition) is 1. The Morgan fingerprint density at radius 1 is 1.35 bits per heavy atom. The maximum Gasteiger partial charge on any atom is 0.123 e. The first-order valence-electron chi connectivity index (χ1n) is 7.86. The van der Waals surface area contributed by atoms with Gasteiger partial charge in [0.05, 0.1) is 25.5 Å². The third-order valence-electron chi connectivity index (χ3n) is 4.27. The highest BCUT2D eigenvalue weighted by atomic mass is 16.5. The lowest BCUT2D eigenvalue weighted by molar-refractivity contribution is -0.00612. The van der Waals surface area contributed by atoms with E-state index >= 15 is 0 Å². The Bertz CT molecular complexity index is 399. The Morgan fingerprint density at radius 2 is 2.05 bits per heavy atom. The fourth-order valence-electron chi connectivity index (χ4n) is 2.69. The lowest BCUT2D eigenvalue weighted by Gasteiger charge is -2.34. The molecule has 0 spiro atoms. The summed E-state index contributed by atoms with van der Waals surface area (Å²) in [6.07, 6.45) is 7.09. The van der Waals surface area contributed by atoms with Gasteiger partial charge < -0.3 is 14.5 Å². The molecule has 0 amide bonds. The number of nitrogens with one attached hydrogen (secondary N) is 1. The molecule has 0 saturated heterocycles. The van der Waals surface area contributed by atoms with E-state index in [2.05, 4.69) is 33.0 Å². The predicted octanol–water partition coefficient (Wildman–Crippen LogP) is 4.26. The van der Waals surface area contributed by atoms with Crippen LogP contribution in [0.1, 0.15) is 64.7 Å². The fourth-order valence-corrected chi connectivity index (χ4v) is 2.69. The van der Waals surface area contributed by atoms with Crippen molar-refractivity contribution in [3.8, 4) is 0 Å². The molecule has 1 fully saturated rings. The van der Waals surface area contributed by atoms with Gasteiger partial charge in [0.15, 0.2) is 0 Å². The Labute approximate surface area is 123 Å². The minimum Gasteiger partial charge on any atom is -0.468 e. The van der Waals surface area contributed by atoms with E-state index in [-0.39, 0.29) is 0 Å². The third-order valence-corrected chi connectivity index (χ3v) is 4.27. The molecule has 2 rings (SSSR count). The van der Waals surface area contributed by atoms with Crippen LogP contribution in [0.2, 0.25) is 0 Å². The van der Waals surface area contributed by atoms with Crippen LogP contribution >= 0.6 is 0 Å². The van der Waals surface area contributed by atoms with Gasteiger partial charge in [0.25, 0.3) is 0 Å². The summed E-state index contributed by atoms with van der Waals surface area (Å²) in [6.45, 7) is 10.5. The summed E-state index contributed by atoms with van der Waals surface area (Å²) >= 11 is 0. The molecule has 0 aromatic carbocycles. The van der Waals surface area contributed by atoms with E-state index in [9.17, 15) is 0 Å². The molecule has 1 heterocycles. The largest absolute Gasteiger partial charge is 0.468 e. The van der Waals surface area contributed by atoms with Gasteiger partial charge in [-0.25, -0.2) is 0 Å². The Kier molecular flexibility index (Phi) is 5.28. The van der Waals surface area contributed by atoms with Crippen molar-refractivity contribution in [2.45, 2.75) is 78.7 Å². The molecule has 1 aliphatic rings. The predicted molar refractivity (Wildman–Crippen MR) is 81.5 cm³/mol. The van der Waals surface area contributed by atoms with Crippen LogP contribution in [0.5, 0.6) is 0 Å². The maximum absolute atomic E-state index is 6.08. The zero-order chi connectivity index (χ0) is 14.6. The van der Waals surface area contributed by atoms with Gasteiger partial charge in [0.2, 0.25) is 0 Å².